The quantitative estimate of drug-likeness (QED) is 0.715. The second-order valence-corrected chi connectivity index (χ2v) is 6.96. The van der Waals surface area contributed by atoms with Crippen LogP contribution in [0.1, 0.15) is 30.3 Å². The highest BCUT2D eigenvalue weighted by Crippen LogP contribution is 2.26. The van der Waals surface area contributed by atoms with E-state index >= 15 is 0 Å². The second-order valence-electron chi connectivity index (χ2n) is 6.96. The zero-order valence-electron chi connectivity index (χ0n) is 16.6. The first kappa shape index (κ1) is 20.2. The summed E-state index contributed by atoms with van der Waals surface area (Å²) >= 11 is 0. The van der Waals surface area contributed by atoms with Crippen LogP contribution in [0.25, 0.3) is 0 Å². The predicted octanol–water partition coefficient (Wildman–Crippen LogP) is 1.72. The topological polar surface area (TPSA) is 117 Å². The molecule has 2 amide bonds. The van der Waals surface area contributed by atoms with Gasteiger partial charge in [0.15, 0.2) is 11.5 Å². The van der Waals surface area contributed by atoms with Crippen molar-refractivity contribution in [2.45, 2.75) is 31.8 Å². The highest BCUT2D eigenvalue weighted by molar-refractivity contribution is 5.96. The van der Waals surface area contributed by atoms with Crippen LogP contribution in [0.2, 0.25) is 0 Å². The standard InChI is InChI=1S/C20H25N7O2/c1-4-16(28)27-12-8-11-15(13(27)2)26(3)20-23-19(17(18(21)29)24-25-20)22-14-9-6-5-7-10-14/h4-7,9-10,13,15H,1,8,11-12H2,2-3H3,(H2,21,29)(H,22,23,25)/t13-,15-/m1/s1. The number of primary amides is 1. The lowest BCUT2D eigenvalue weighted by molar-refractivity contribution is -0.129. The largest absolute Gasteiger partial charge is 0.364 e. The first-order chi connectivity index (χ1) is 13.9. The molecule has 0 unspecified atom stereocenters. The number of piperidine rings is 1. The van der Waals surface area contributed by atoms with E-state index in [-0.39, 0.29) is 29.5 Å². The van der Waals surface area contributed by atoms with Crippen LogP contribution in [0.5, 0.6) is 0 Å². The first-order valence-corrected chi connectivity index (χ1v) is 9.44. The molecule has 0 saturated carbocycles. The zero-order chi connectivity index (χ0) is 21.0. The van der Waals surface area contributed by atoms with Crippen molar-refractivity contribution in [2.75, 3.05) is 23.8 Å². The molecule has 1 aromatic carbocycles. The third kappa shape index (κ3) is 4.34. The number of amides is 2. The highest BCUT2D eigenvalue weighted by atomic mass is 16.2. The van der Waals surface area contributed by atoms with Crippen LogP contribution in [-0.2, 0) is 4.79 Å². The maximum absolute atomic E-state index is 12.1. The molecule has 3 rings (SSSR count). The molecule has 0 aliphatic carbocycles. The average Bonchev–Trinajstić information content (AvgIpc) is 2.73. The molecule has 2 atom stereocenters. The third-order valence-electron chi connectivity index (χ3n) is 5.16. The Balaban J connectivity index is 1.89. The molecule has 1 aliphatic rings. The van der Waals surface area contributed by atoms with Crippen LogP contribution in [0.3, 0.4) is 0 Å². The lowest BCUT2D eigenvalue weighted by Gasteiger charge is -2.42. The van der Waals surface area contributed by atoms with Gasteiger partial charge in [0.05, 0.1) is 6.04 Å². The molecule has 9 heteroatoms. The van der Waals surface area contributed by atoms with E-state index in [2.05, 4.69) is 27.1 Å². The van der Waals surface area contributed by atoms with Gasteiger partial charge in [-0.05, 0) is 38.0 Å². The number of likely N-dealkylation sites (N-methyl/N-ethyl adjacent to an activating group) is 1. The normalized spacial score (nSPS) is 18.8. The number of para-hydroxylation sites is 1. The molecule has 1 saturated heterocycles. The highest BCUT2D eigenvalue weighted by Gasteiger charge is 2.34. The Bertz CT molecular complexity index is 903. The maximum Gasteiger partial charge on any atom is 0.273 e. The van der Waals surface area contributed by atoms with Gasteiger partial charge in [-0.15, -0.1) is 10.2 Å². The van der Waals surface area contributed by atoms with Crippen LogP contribution in [0.15, 0.2) is 43.0 Å². The summed E-state index contributed by atoms with van der Waals surface area (Å²) in [4.78, 5) is 32.1. The number of carbonyl (C=O) groups excluding carboxylic acids is 2. The number of nitrogens with zero attached hydrogens (tertiary/aromatic N) is 5. The average molecular weight is 395 g/mol. The zero-order valence-corrected chi connectivity index (χ0v) is 16.6. The van der Waals surface area contributed by atoms with Gasteiger partial charge in [0, 0.05) is 25.3 Å². The van der Waals surface area contributed by atoms with E-state index in [1.165, 1.54) is 6.08 Å². The lowest BCUT2D eigenvalue weighted by atomic mass is 9.96. The molecule has 0 bridgehead atoms. The molecular weight excluding hydrogens is 370 g/mol. The number of carbonyl (C=O) groups is 2. The molecule has 0 radical (unpaired) electrons. The van der Waals surface area contributed by atoms with Gasteiger partial charge in [0.25, 0.3) is 5.91 Å². The summed E-state index contributed by atoms with van der Waals surface area (Å²) in [5, 5.41) is 11.2. The first-order valence-electron chi connectivity index (χ1n) is 9.44. The van der Waals surface area contributed by atoms with E-state index < -0.39 is 5.91 Å². The van der Waals surface area contributed by atoms with Gasteiger partial charge in [0.2, 0.25) is 11.9 Å². The van der Waals surface area contributed by atoms with Crippen molar-refractivity contribution < 1.29 is 9.59 Å². The van der Waals surface area contributed by atoms with Crippen LogP contribution in [0.4, 0.5) is 17.5 Å². The minimum absolute atomic E-state index is 0.00143. The van der Waals surface area contributed by atoms with Gasteiger partial charge in [-0.3, -0.25) is 9.59 Å². The van der Waals surface area contributed by atoms with E-state index in [0.29, 0.717) is 12.5 Å². The number of likely N-dealkylation sites (tertiary alicyclic amines) is 1. The van der Waals surface area contributed by atoms with Gasteiger partial charge in [-0.2, -0.15) is 4.98 Å². The summed E-state index contributed by atoms with van der Waals surface area (Å²) in [5.74, 6) is -0.224. The van der Waals surface area contributed by atoms with Crippen molar-refractivity contribution >= 4 is 29.3 Å². The lowest BCUT2D eigenvalue weighted by Crippen LogP contribution is -2.55. The predicted molar refractivity (Wildman–Crippen MR) is 111 cm³/mol. The Morgan fingerprint density at radius 3 is 2.69 bits per heavy atom. The molecule has 152 valence electrons. The Hall–Kier alpha value is -3.49. The number of rotatable bonds is 6. The summed E-state index contributed by atoms with van der Waals surface area (Å²) in [7, 11) is 1.86. The minimum Gasteiger partial charge on any atom is -0.364 e. The molecule has 1 aliphatic heterocycles. The Morgan fingerprint density at radius 1 is 1.31 bits per heavy atom. The van der Waals surface area contributed by atoms with E-state index in [9.17, 15) is 9.59 Å². The van der Waals surface area contributed by atoms with E-state index in [1.807, 2.05) is 49.2 Å². The number of nitrogens with one attached hydrogen (secondary N) is 1. The van der Waals surface area contributed by atoms with Gasteiger partial charge in [-0.25, -0.2) is 0 Å². The Kier molecular flexibility index (Phi) is 6.06. The van der Waals surface area contributed by atoms with Gasteiger partial charge in [-0.1, -0.05) is 24.8 Å². The number of aromatic nitrogens is 3. The van der Waals surface area contributed by atoms with E-state index in [0.717, 1.165) is 18.5 Å². The summed E-state index contributed by atoms with van der Waals surface area (Å²) in [5.41, 5.74) is 6.15. The number of nitrogens with two attached hydrogens (primary N) is 1. The van der Waals surface area contributed by atoms with E-state index in [1.54, 1.807) is 4.90 Å². The van der Waals surface area contributed by atoms with Crippen LogP contribution in [-0.4, -0.2) is 57.6 Å². The fraction of sp³-hybridized carbons (Fsp3) is 0.350. The van der Waals surface area contributed by atoms with Gasteiger partial charge < -0.3 is 20.9 Å². The smallest absolute Gasteiger partial charge is 0.273 e. The minimum atomic E-state index is -0.716. The van der Waals surface area contributed by atoms with Crippen molar-refractivity contribution in [1.82, 2.24) is 20.1 Å². The fourth-order valence-electron chi connectivity index (χ4n) is 3.60. The van der Waals surface area contributed by atoms with E-state index in [4.69, 9.17) is 5.73 Å². The monoisotopic (exact) mass is 395 g/mol. The number of hydrogen-bond donors (Lipinski definition) is 2. The van der Waals surface area contributed by atoms with Crippen molar-refractivity contribution in [3.8, 4) is 0 Å². The molecule has 2 heterocycles. The summed E-state index contributed by atoms with van der Waals surface area (Å²) in [6.07, 6.45) is 3.07. The van der Waals surface area contributed by atoms with Crippen molar-refractivity contribution in [1.29, 1.82) is 0 Å². The van der Waals surface area contributed by atoms with Crippen LogP contribution in [0, 0.1) is 0 Å². The summed E-state index contributed by atoms with van der Waals surface area (Å²) < 4.78 is 0. The molecule has 2 aromatic rings. The Labute approximate surface area is 169 Å². The molecular formula is C20H25N7O2. The van der Waals surface area contributed by atoms with Crippen LogP contribution < -0.4 is 16.0 Å². The third-order valence-corrected chi connectivity index (χ3v) is 5.16. The Morgan fingerprint density at radius 2 is 2.03 bits per heavy atom. The molecule has 3 N–H and O–H groups in total. The summed E-state index contributed by atoms with van der Waals surface area (Å²) in [6.45, 7) is 6.27. The van der Waals surface area contributed by atoms with Crippen molar-refractivity contribution in [2.24, 2.45) is 5.73 Å². The second kappa shape index (κ2) is 8.68. The SMILES string of the molecule is C=CC(=O)N1CCC[C@@H](N(C)c2nnc(C(N)=O)c(Nc3ccccc3)n2)[C@H]1C. The van der Waals surface area contributed by atoms with Crippen molar-refractivity contribution in [3.63, 3.8) is 0 Å². The maximum atomic E-state index is 12.1. The molecule has 29 heavy (non-hydrogen) atoms. The number of hydrogen-bond acceptors (Lipinski definition) is 7. The molecule has 0 spiro atoms. The number of benzene rings is 1. The fourth-order valence-corrected chi connectivity index (χ4v) is 3.60. The van der Waals surface area contributed by atoms with Gasteiger partial charge in [0.1, 0.15) is 0 Å². The molecule has 1 fully saturated rings. The van der Waals surface area contributed by atoms with Crippen molar-refractivity contribution in [3.05, 3.63) is 48.7 Å². The number of anilines is 3. The molecule has 9 nitrogen and oxygen atoms in total. The van der Waals surface area contributed by atoms with Gasteiger partial charge >= 0.3 is 0 Å². The summed E-state index contributed by atoms with van der Waals surface area (Å²) in [6, 6.07) is 9.25. The van der Waals surface area contributed by atoms with Crippen LogP contribution >= 0.6 is 0 Å². The molecule has 1 aromatic heterocycles.